The molecule has 0 saturated carbocycles. The van der Waals surface area contributed by atoms with Gasteiger partial charge >= 0.3 is 58.4 Å². The van der Waals surface area contributed by atoms with E-state index >= 15 is 0 Å². The van der Waals surface area contributed by atoms with Gasteiger partial charge in [-0.15, -0.1) is 0 Å². The van der Waals surface area contributed by atoms with Crippen LogP contribution in [0.15, 0.2) is 23.2 Å². The van der Waals surface area contributed by atoms with Crippen LogP contribution in [0.1, 0.15) is 5.69 Å². The molecule has 0 aliphatic carbocycles. The molecule has 16 heavy (non-hydrogen) atoms. The second-order valence-electron chi connectivity index (χ2n) is 2.94. The molecule has 1 aromatic rings. The van der Waals surface area contributed by atoms with Gasteiger partial charge in [-0.2, -0.15) is 0 Å². The standard InChI is InChI=1S/C6H7BF3N2O2S.K/c8-7(9,10)4-5-3-6(1-2-12-5)15(11,13)14;/h1-3H,4H2,(H2,11,13,14);/q-1;+1. The van der Waals surface area contributed by atoms with Crippen LogP contribution in [0, 0.1) is 0 Å². The normalized spacial score (nSPS) is 12.0. The molecule has 1 heterocycles. The number of halogens is 3. The third kappa shape index (κ3) is 5.75. The second-order valence-corrected chi connectivity index (χ2v) is 4.50. The minimum Gasteiger partial charge on any atom is -0.449 e. The number of aromatic nitrogens is 1. The van der Waals surface area contributed by atoms with Gasteiger partial charge in [0.15, 0.2) is 0 Å². The van der Waals surface area contributed by atoms with Crippen LogP contribution in [-0.2, 0) is 16.3 Å². The molecular weight excluding hydrogens is 271 g/mol. The molecule has 0 unspecified atom stereocenters. The van der Waals surface area contributed by atoms with E-state index in [1.165, 1.54) is 0 Å². The van der Waals surface area contributed by atoms with Gasteiger partial charge in [0.1, 0.15) is 0 Å². The van der Waals surface area contributed by atoms with E-state index in [-0.39, 0.29) is 62.0 Å². The molecule has 0 radical (unpaired) electrons. The van der Waals surface area contributed by atoms with Crippen LogP contribution in [0.25, 0.3) is 0 Å². The topological polar surface area (TPSA) is 73.1 Å². The number of sulfonamides is 1. The maximum atomic E-state index is 12.0. The fraction of sp³-hybridized carbons (Fsp3) is 0.167. The van der Waals surface area contributed by atoms with Crippen molar-refractivity contribution in [3.63, 3.8) is 0 Å². The van der Waals surface area contributed by atoms with E-state index in [2.05, 4.69) is 4.98 Å². The van der Waals surface area contributed by atoms with E-state index in [1.54, 1.807) is 0 Å². The van der Waals surface area contributed by atoms with E-state index in [9.17, 15) is 21.4 Å². The zero-order valence-corrected chi connectivity index (χ0v) is 12.3. The first-order chi connectivity index (χ1) is 6.68. The predicted molar refractivity (Wildman–Crippen MR) is 48.4 cm³/mol. The number of nitrogens with two attached hydrogens (primary N) is 1. The third-order valence-electron chi connectivity index (χ3n) is 1.56. The molecule has 0 amide bonds. The predicted octanol–water partition coefficient (Wildman–Crippen LogP) is -2.34. The van der Waals surface area contributed by atoms with Crippen LogP contribution < -0.4 is 56.5 Å². The van der Waals surface area contributed by atoms with E-state index in [0.717, 1.165) is 18.3 Å². The quantitative estimate of drug-likeness (QED) is 0.630. The van der Waals surface area contributed by atoms with Crippen molar-refractivity contribution in [3.05, 3.63) is 24.0 Å². The zero-order valence-electron chi connectivity index (χ0n) is 8.40. The maximum Gasteiger partial charge on any atom is 1.00 e. The fourth-order valence-electron chi connectivity index (χ4n) is 0.982. The van der Waals surface area contributed by atoms with Crippen LogP contribution >= 0.6 is 0 Å². The van der Waals surface area contributed by atoms with Gasteiger partial charge < -0.3 is 12.9 Å². The Balaban J connectivity index is 0.00000225. The van der Waals surface area contributed by atoms with Gasteiger partial charge in [-0.05, 0) is 18.5 Å². The summed E-state index contributed by atoms with van der Waals surface area (Å²) in [4.78, 5) is 3.05. The summed E-state index contributed by atoms with van der Waals surface area (Å²) >= 11 is 0. The summed E-state index contributed by atoms with van der Waals surface area (Å²) < 4.78 is 57.7. The largest absolute Gasteiger partial charge is 1.00 e. The molecule has 4 nitrogen and oxygen atoms in total. The van der Waals surface area contributed by atoms with Gasteiger partial charge in [-0.25, -0.2) is 13.6 Å². The second kappa shape index (κ2) is 5.94. The molecule has 0 saturated heterocycles. The van der Waals surface area contributed by atoms with Crippen LogP contribution in [0.2, 0.25) is 0 Å². The van der Waals surface area contributed by atoms with Gasteiger partial charge in [0.25, 0.3) is 0 Å². The Hall–Kier alpha value is 0.551. The number of rotatable bonds is 3. The van der Waals surface area contributed by atoms with Crippen molar-refractivity contribution in [1.82, 2.24) is 4.98 Å². The van der Waals surface area contributed by atoms with E-state index in [0.29, 0.717) is 0 Å². The Morgan fingerprint density at radius 2 is 1.94 bits per heavy atom. The number of primary sulfonamides is 1. The van der Waals surface area contributed by atoms with E-state index in [1.807, 2.05) is 0 Å². The van der Waals surface area contributed by atoms with Crippen LogP contribution in [0.3, 0.4) is 0 Å². The van der Waals surface area contributed by atoms with Crippen molar-refractivity contribution in [2.45, 2.75) is 11.2 Å². The Labute approximate surface area is 133 Å². The molecule has 1 aromatic heterocycles. The molecule has 0 aromatic carbocycles. The van der Waals surface area contributed by atoms with Gasteiger partial charge in [-0.3, -0.25) is 4.98 Å². The molecule has 10 heteroatoms. The Kier molecular flexibility index (Phi) is 6.14. The molecule has 84 valence electrons. The summed E-state index contributed by atoms with van der Waals surface area (Å²) in [6, 6.07) is 1.87. The third-order valence-corrected chi connectivity index (χ3v) is 2.47. The first-order valence-electron chi connectivity index (χ1n) is 3.87. The molecule has 2 N–H and O–H groups in total. The Morgan fingerprint density at radius 1 is 1.38 bits per heavy atom. The van der Waals surface area contributed by atoms with Crippen LogP contribution in [0.4, 0.5) is 12.9 Å². The molecule has 1 rings (SSSR count). The molecule has 0 bridgehead atoms. The average Bonchev–Trinajstić information content (AvgIpc) is 1.99. The Bertz CT molecular complexity index is 465. The van der Waals surface area contributed by atoms with Crippen LogP contribution in [-0.4, -0.2) is 20.4 Å². The van der Waals surface area contributed by atoms with Gasteiger partial charge in [-0.1, -0.05) is 0 Å². The van der Waals surface area contributed by atoms with Crippen molar-refractivity contribution in [2.24, 2.45) is 5.14 Å². The SMILES string of the molecule is NS(=O)(=O)c1ccnc(C[B-](F)(F)F)c1.[K+]. The monoisotopic (exact) mass is 278 g/mol. The van der Waals surface area contributed by atoms with Crippen LogP contribution in [0.5, 0.6) is 0 Å². The van der Waals surface area contributed by atoms with E-state index < -0.39 is 23.3 Å². The minimum absolute atomic E-state index is 0. The molecule has 0 aliphatic rings. The fourth-order valence-corrected chi connectivity index (χ4v) is 1.53. The zero-order chi connectivity index (χ0) is 11.7. The minimum atomic E-state index is -5.03. The van der Waals surface area contributed by atoms with Crippen molar-refractivity contribution >= 4 is 17.0 Å². The molecule has 0 spiro atoms. The number of hydrogen-bond donors (Lipinski definition) is 1. The summed E-state index contributed by atoms with van der Waals surface area (Å²) in [6.45, 7) is -5.03. The molecule has 0 aliphatic heterocycles. The number of nitrogens with zero attached hydrogens (tertiary/aromatic N) is 1. The first kappa shape index (κ1) is 16.6. The summed E-state index contributed by atoms with van der Waals surface area (Å²) in [5, 5.41) is 4.76. The number of hydrogen-bond acceptors (Lipinski definition) is 3. The van der Waals surface area contributed by atoms with Crippen molar-refractivity contribution in [3.8, 4) is 0 Å². The summed E-state index contributed by atoms with van der Waals surface area (Å²) in [5.41, 5.74) is -0.353. The van der Waals surface area contributed by atoms with Gasteiger partial charge in [0.05, 0.1) is 4.90 Å². The van der Waals surface area contributed by atoms with Gasteiger partial charge in [0, 0.05) is 11.9 Å². The molecule has 0 fully saturated rings. The summed E-state index contributed by atoms with van der Waals surface area (Å²) in [7, 11) is -3.98. The number of pyridine rings is 1. The smallest absolute Gasteiger partial charge is 0.449 e. The molecule has 0 atom stereocenters. The summed E-state index contributed by atoms with van der Waals surface area (Å²) in [6.07, 6.45) is -0.236. The van der Waals surface area contributed by atoms with Crippen molar-refractivity contribution < 1.29 is 72.7 Å². The maximum absolute atomic E-state index is 12.0. The van der Waals surface area contributed by atoms with E-state index in [4.69, 9.17) is 5.14 Å². The first-order valence-corrected chi connectivity index (χ1v) is 5.42. The summed E-state index contributed by atoms with van der Waals surface area (Å²) in [5.74, 6) is 0. The average molecular weight is 278 g/mol. The van der Waals surface area contributed by atoms with Gasteiger partial charge in [0.2, 0.25) is 10.0 Å². The molecular formula is C6H7BF3KN2O2S. The Morgan fingerprint density at radius 3 is 2.38 bits per heavy atom. The van der Waals surface area contributed by atoms with Crippen molar-refractivity contribution in [2.75, 3.05) is 0 Å². The van der Waals surface area contributed by atoms with Crippen molar-refractivity contribution in [1.29, 1.82) is 0 Å².